The van der Waals surface area contributed by atoms with Crippen LogP contribution in [0, 0.1) is 0 Å². The molecule has 0 saturated carbocycles. The molecule has 0 bridgehead atoms. The van der Waals surface area contributed by atoms with Crippen molar-refractivity contribution in [1.29, 1.82) is 0 Å². The van der Waals surface area contributed by atoms with E-state index in [4.69, 9.17) is 4.74 Å². The van der Waals surface area contributed by atoms with E-state index in [0.29, 0.717) is 4.61 Å². The Morgan fingerprint density at radius 3 is 2.29 bits per heavy atom. The van der Waals surface area contributed by atoms with E-state index in [1.54, 1.807) is 0 Å². The number of halogens is 1. The molecule has 17 heavy (non-hydrogen) atoms. The van der Waals surface area contributed by atoms with Crippen LogP contribution in [0.3, 0.4) is 0 Å². The van der Waals surface area contributed by atoms with Crippen LogP contribution in [-0.4, -0.2) is 4.61 Å². The molecule has 2 heteroatoms. The molecule has 0 heterocycles. The minimum Gasteiger partial charge on any atom is -0.483 e. The quantitative estimate of drug-likeness (QED) is 0.373. The van der Waals surface area contributed by atoms with Gasteiger partial charge in [0.1, 0.15) is 10.4 Å². The second-order valence-corrected chi connectivity index (χ2v) is 4.55. The highest BCUT2D eigenvalue weighted by atomic mass is 127. The summed E-state index contributed by atoms with van der Waals surface area (Å²) < 4.78 is 6.33. The van der Waals surface area contributed by atoms with Crippen molar-refractivity contribution in [3.63, 3.8) is 0 Å². The molecule has 0 N–H and O–H groups in total. The zero-order valence-corrected chi connectivity index (χ0v) is 11.3. The third kappa shape index (κ3) is 1.97. The largest absolute Gasteiger partial charge is 0.483 e. The van der Waals surface area contributed by atoms with E-state index in [1.807, 2.05) is 12.1 Å². The van der Waals surface area contributed by atoms with Gasteiger partial charge in [0.05, 0.1) is 0 Å². The zero-order chi connectivity index (χ0) is 11.7. The number of hydrogen-bond donors (Lipinski definition) is 0. The topological polar surface area (TPSA) is 9.23 Å². The van der Waals surface area contributed by atoms with Crippen LogP contribution in [0.1, 0.15) is 0 Å². The predicted molar refractivity (Wildman–Crippen MR) is 81.0 cm³/mol. The van der Waals surface area contributed by atoms with Gasteiger partial charge in [0.15, 0.2) is 0 Å². The van der Waals surface area contributed by atoms with Crippen LogP contribution in [-0.2, 0) is 0 Å². The summed E-state index contributed by atoms with van der Waals surface area (Å²) in [4.78, 5) is 0. The van der Waals surface area contributed by atoms with E-state index < -0.39 is 0 Å². The lowest BCUT2D eigenvalue weighted by Gasteiger charge is -2.08. The maximum absolute atomic E-state index is 5.65. The van der Waals surface area contributed by atoms with E-state index in [-0.39, 0.29) is 0 Å². The van der Waals surface area contributed by atoms with Crippen molar-refractivity contribution in [1.82, 2.24) is 0 Å². The standard InChI is InChI=1S/C15H11IO/c16-10-17-15-7-3-6-13-8-11-4-1-2-5-12(11)9-14(13)15/h1-9H,10H2. The highest BCUT2D eigenvalue weighted by Gasteiger charge is 2.03. The summed E-state index contributed by atoms with van der Waals surface area (Å²) in [5.41, 5.74) is 0. The Balaban J connectivity index is 2.35. The average molecular weight is 334 g/mol. The number of rotatable bonds is 2. The first-order chi connectivity index (χ1) is 8.38. The van der Waals surface area contributed by atoms with E-state index >= 15 is 0 Å². The van der Waals surface area contributed by atoms with Crippen LogP contribution >= 0.6 is 22.6 Å². The summed E-state index contributed by atoms with van der Waals surface area (Å²) >= 11 is 2.22. The Morgan fingerprint density at radius 2 is 1.53 bits per heavy atom. The fourth-order valence-electron chi connectivity index (χ4n) is 2.12. The second kappa shape index (κ2) is 4.53. The number of alkyl halides is 1. The summed E-state index contributed by atoms with van der Waals surface area (Å²) in [6.07, 6.45) is 0. The third-order valence-corrected chi connectivity index (χ3v) is 3.23. The van der Waals surface area contributed by atoms with Gasteiger partial charge in [-0.1, -0.05) is 36.4 Å². The Kier molecular flexibility index (Phi) is 2.89. The van der Waals surface area contributed by atoms with Crippen LogP contribution in [0.5, 0.6) is 5.75 Å². The summed E-state index contributed by atoms with van der Waals surface area (Å²) in [6, 6.07) is 19.0. The molecule has 0 saturated heterocycles. The first-order valence-electron chi connectivity index (χ1n) is 5.49. The molecule has 0 unspecified atom stereocenters. The first kappa shape index (κ1) is 10.8. The van der Waals surface area contributed by atoms with Gasteiger partial charge < -0.3 is 4.74 Å². The molecule has 0 aliphatic heterocycles. The van der Waals surface area contributed by atoms with Crippen molar-refractivity contribution in [3.8, 4) is 5.75 Å². The molecular weight excluding hydrogens is 323 g/mol. The summed E-state index contributed by atoms with van der Waals surface area (Å²) in [6.45, 7) is 0. The summed E-state index contributed by atoms with van der Waals surface area (Å²) in [7, 11) is 0. The van der Waals surface area contributed by atoms with Gasteiger partial charge in [-0.15, -0.1) is 0 Å². The maximum atomic E-state index is 5.65. The SMILES string of the molecule is ICOc1cccc2cc3ccccc3cc12. The molecule has 3 aromatic rings. The number of ether oxygens (including phenoxy) is 1. The maximum Gasteiger partial charge on any atom is 0.139 e. The van der Waals surface area contributed by atoms with Gasteiger partial charge in [0.2, 0.25) is 0 Å². The number of benzene rings is 3. The Labute approximate surface area is 114 Å². The van der Waals surface area contributed by atoms with Crippen LogP contribution in [0.25, 0.3) is 21.5 Å². The van der Waals surface area contributed by atoms with Gasteiger partial charge >= 0.3 is 0 Å². The molecule has 0 spiro atoms. The lowest BCUT2D eigenvalue weighted by molar-refractivity contribution is 0.409. The van der Waals surface area contributed by atoms with E-state index in [9.17, 15) is 0 Å². The number of fused-ring (bicyclic) bond motifs is 2. The number of hydrogen-bond acceptors (Lipinski definition) is 1. The second-order valence-electron chi connectivity index (χ2n) is 3.93. The lowest BCUT2D eigenvalue weighted by Crippen LogP contribution is -1.89. The van der Waals surface area contributed by atoms with Crippen LogP contribution in [0.2, 0.25) is 0 Å². The molecule has 0 atom stereocenters. The van der Waals surface area contributed by atoms with Crippen molar-refractivity contribution >= 4 is 44.1 Å². The smallest absolute Gasteiger partial charge is 0.139 e. The molecule has 0 aliphatic rings. The molecule has 1 nitrogen and oxygen atoms in total. The van der Waals surface area contributed by atoms with Gasteiger partial charge in [0, 0.05) is 5.39 Å². The van der Waals surface area contributed by atoms with Crippen LogP contribution in [0.4, 0.5) is 0 Å². The predicted octanol–water partition coefficient (Wildman–Crippen LogP) is 4.76. The van der Waals surface area contributed by atoms with Gasteiger partial charge in [-0.05, 0) is 56.9 Å². The van der Waals surface area contributed by atoms with E-state index in [1.165, 1.54) is 21.5 Å². The minimum atomic E-state index is 0.670. The van der Waals surface area contributed by atoms with Gasteiger partial charge in [-0.3, -0.25) is 0 Å². The molecule has 0 radical (unpaired) electrons. The molecule has 0 aliphatic carbocycles. The van der Waals surface area contributed by atoms with Crippen molar-refractivity contribution in [2.75, 3.05) is 4.61 Å². The molecule has 0 amide bonds. The molecular formula is C15H11IO. The fraction of sp³-hybridized carbons (Fsp3) is 0.0667. The third-order valence-electron chi connectivity index (χ3n) is 2.92. The van der Waals surface area contributed by atoms with Crippen molar-refractivity contribution in [2.24, 2.45) is 0 Å². The Hall–Kier alpha value is -1.29. The zero-order valence-electron chi connectivity index (χ0n) is 9.19. The molecule has 3 rings (SSSR count). The van der Waals surface area contributed by atoms with Crippen molar-refractivity contribution < 1.29 is 4.74 Å². The van der Waals surface area contributed by atoms with Crippen LogP contribution in [0.15, 0.2) is 54.6 Å². The highest BCUT2D eigenvalue weighted by Crippen LogP contribution is 2.30. The normalized spacial score (nSPS) is 10.9. The first-order valence-corrected chi connectivity index (χ1v) is 7.01. The summed E-state index contributed by atoms with van der Waals surface area (Å²) in [5, 5.41) is 4.94. The molecule has 0 aromatic heterocycles. The van der Waals surface area contributed by atoms with E-state index in [0.717, 1.165) is 5.75 Å². The summed E-state index contributed by atoms with van der Waals surface area (Å²) in [5.74, 6) is 0.961. The van der Waals surface area contributed by atoms with Gasteiger partial charge in [0.25, 0.3) is 0 Å². The lowest BCUT2D eigenvalue weighted by atomic mass is 10.0. The van der Waals surface area contributed by atoms with Crippen molar-refractivity contribution in [2.45, 2.75) is 0 Å². The van der Waals surface area contributed by atoms with E-state index in [2.05, 4.69) is 65.1 Å². The monoisotopic (exact) mass is 334 g/mol. The average Bonchev–Trinajstić information content (AvgIpc) is 2.37. The van der Waals surface area contributed by atoms with Gasteiger partial charge in [-0.2, -0.15) is 0 Å². The highest BCUT2D eigenvalue weighted by molar-refractivity contribution is 14.1. The van der Waals surface area contributed by atoms with Crippen molar-refractivity contribution in [3.05, 3.63) is 54.6 Å². The molecule has 0 fully saturated rings. The molecule has 3 aromatic carbocycles. The molecule has 84 valence electrons. The van der Waals surface area contributed by atoms with Crippen LogP contribution < -0.4 is 4.74 Å². The Bertz CT molecular complexity index is 676. The fourth-order valence-corrected chi connectivity index (χ4v) is 2.46. The Morgan fingerprint density at radius 1 is 0.824 bits per heavy atom. The van der Waals surface area contributed by atoms with Gasteiger partial charge in [-0.25, -0.2) is 0 Å². The minimum absolute atomic E-state index is 0.670.